The van der Waals surface area contributed by atoms with Crippen LogP contribution < -0.4 is 10.1 Å². The first-order valence-electron chi connectivity index (χ1n) is 7.36. The molecular weight excluding hydrogens is 311 g/mol. The van der Waals surface area contributed by atoms with Crippen LogP contribution in [0.4, 0.5) is 4.39 Å². The number of hydrogen-bond donors (Lipinski definition) is 2. The van der Waals surface area contributed by atoms with Crippen molar-refractivity contribution in [3.63, 3.8) is 0 Å². The van der Waals surface area contributed by atoms with E-state index in [1.165, 1.54) is 12.1 Å². The number of nitriles is 1. The maximum Gasteiger partial charge on any atom is 0.261 e. The van der Waals surface area contributed by atoms with Crippen molar-refractivity contribution < 1.29 is 19.0 Å². The first kappa shape index (κ1) is 17.4. The van der Waals surface area contributed by atoms with E-state index in [9.17, 15) is 9.18 Å². The number of carbonyl (C=O) groups excluding carboxylic acids is 1. The van der Waals surface area contributed by atoms with Crippen molar-refractivity contribution in [2.45, 2.75) is 26.2 Å². The van der Waals surface area contributed by atoms with Gasteiger partial charge in [0.25, 0.3) is 5.91 Å². The number of rotatable bonds is 6. The lowest BCUT2D eigenvalue weighted by Gasteiger charge is -2.15. The fourth-order valence-electron chi connectivity index (χ4n) is 2.06. The summed E-state index contributed by atoms with van der Waals surface area (Å²) >= 11 is 0. The standard InChI is InChI=1S/C18H17FN2O3/c1-12(24-16-4-2-3-14(7-16)11-22)18(23)21-10-15-6-5-13(9-20)8-17(15)19/h2-8,12,22H,10-11H2,1H3,(H,21,23). The van der Waals surface area contributed by atoms with Crippen LogP contribution in [0, 0.1) is 17.1 Å². The minimum absolute atomic E-state index is 0.000749. The van der Waals surface area contributed by atoms with Gasteiger partial charge >= 0.3 is 0 Å². The van der Waals surface area contributed by atoms with Crippen molar-refractivity contribution in [3.8, 4) is 11.8 Å². The highest BCUT2D eigenvalue weighted by molar-refractivity contribution is 5.80. The Morgan fingerprint density at radius 1 is 1.38 bits per heavy atom. The van der Waals surface area contributed by atoms with E-state index in [-0.39, 0.29) is 24.3 Å². The number of ether oxygens (including phenoxy) is 1. The van der Waals surface area contributed by atoms with Gasteiger partial charge in [0.1, 0.15) is 11.6 Å². The van der Waals surface area contributed by atoms with Crippen molar-refractivity contribution >= 4 is 5.91 Å². The molecular formula is C18H17FN2O3. The molecule has 0 radical (unpaired) electrons. The largest absolute Gasteiger partial charge is 0.481 e. The smallest absolute Gasteiger partial charge is 0.261 e. The Hall–Kier alpha value is -2.91. The van der Waals surface area contributed by atoms with E-state index in [0.717, 1.165) is 6.07 Å². The molecule has 1 atom stereocenters. The van der Waals surface area contributed by atoms with Crippen LogP contribution in [0.5, 0.6) is 5.75 Å². The molecule has 124 valence electrons. The number of hydrogen-bond acceptors (Lipinski definition) is 4. The summed E-state index contributed by atoms with van der Waals surface area (Å²) < 4.78 is 19.3. The van der Waals surface area contributed by atoms with Gasteiger partial charge in [-0.2, -0.15) is 5.26 Å². The Morgan fingerprint density at radius 3 is 2.83 bits per heavy atom. The molecule has 1 unspecified atom stereocenters. The number of carbonyl (C=O) groups is 1. The van der Waals surface area contributed by atoms with Crippen molar-refractivity contribution in [2.24, 2.45) is 0 Å². The molecule has 0 aromatic heterocycles. The van der Waals surface area contributed by atoms with Crippen LogP contribution in [0.3, 0.4) is 0 Å². The van der Waals surface area contributed by atoms with Gasteiger partial charge in [0.15, 0.2) is 6.10 Å². The van der Waals surface area contributed by atoms with Gasteiger partial charge in [-0.25, -0.2) is 4.39 Å². The fraction of sp³-hybridized carbons (Fsp3) is 0.222. The van der Waals surface area contributed by atoms with E-state index in [2.05, 4.69) is 5.32 Å². The van der Waals surface area contributed by atoms with Crippen molar-refractivity contribution in [2.75, 3.05) is 0 Å². The highest BCUT2D eigenvalue weighted by Gasteiger charge is 2.15. The first-order valence-corrected chi connectivity index (χ1v) is 7.36. The summed E-state index contributed by atoms with van der Waals surface area (Å²) in [6.45, 7) is 1.46. The summed E-state index contributed by atoms with van der Waals surface area (Å²) in [5.74, 6) is -0.472. The minimum atomic E-state index is -0.777. The second-order valence-corrected chi connectivity index (χ2v) is 5.20. The van der Waals surface area contributed by atoms with Gasteiger partial charge in [0.2, 0.25) is 0 Å². The van der Waals surface area contributed by atoms with E-state index in [1.807, 2.05) is 6.07 Å². The summed E-state index contributed by atoms with van der Waals surface area (Å²) in [6, 6.07) is 12.7. The van der Waals surface area contributed by atoms with E-state index in [0.29, 0.717) is 11.3 Å². The van der Waals surface area contributed by atoms with Crippen molar-refractivity contribution in [1.29, 1.82) is 5.26 Å². The Bertz CT molecular complexity index is 771. The second-order valence-electron chi connectivity index (χ2n) is 5.20. The van der Waals surface area contributed by atoms with E-state index in [4.69, 9.17) is 15.1 Å². The van der Waals surface area contributed by atoms with Gasteiger partial charge in [-0.15, -0.1) is 0 Å². The van der Waals surface area contributed by atoms with Gasteiger partial charge in [-0.1, -0.05) is 18.2 Å². The molecule has 5 nitrogen and oxygen atoms in total. The van der Waals surface area contributed by atoms with Crippen LogP contribution in [0.25, 0.3) is 0 Å². The molecule has 2 N–H and O–H groups in total. The summed E-state index contributed by atoms with van der Waals surface area (Å²) in [4.78, 5) is 12.0. The zero-order valence-electron chi connectivity index (χ0n) is 13.1. The zero-order chi connectivity index (χ0) is 17.5. The molecule has 2 aromatic rings. The molecule has 2 rings (SSSR count). The molecule has 0 aliphatic heterocycles. The molecule has 0 aliphatic rings. The van der Waals surface area contributed by atoms with Crippen LogP contribution in [0.2, 0.25) is 0 Å². The van der Waals surface area contributed by atoms with Crippen LogP contribution in [0.1, 0.15) is 23.6 Å². The molecule has 1 amide bonds. The van der Waals surface area contributed by atoms with Gasteiger partial charge in [-0.3, -0.25) is 4.79 Å². The third-order valence-corrected chi connectivity index (χ3v) is 3.40. The Labute approximate surface area is 139 Å². The number of amides is 1. The average Bonchev–Trinajstić information content (AvgIpc) is 2.60. The number of nitrogens with zero attached hydrogens (tertiary/aromatic N) is 1. The third kappa shape index (κ3) is 4.54. The predicted octanol–water partition coefficient (Wildman–Crippen LogP) is 2.27. The van der Waals surface area contributed by atoms with Crippen molar-refractivity contribution in [3.05, 3.63) is 65.0 Å². The van der Waals surface area contributed by atoms with Crippen LogP contribution in [0.15, 0.2) is 42.5 Å². The molecule has 0 saturated heterocycles. The molecule has 0 heterocycles. The van der Waals surface area contributed by atoms with Gasteiger partial charge in [0, 0.05) is 12.1 Å². The Balaban J connectivity index is 1.93. The number of benzene rings is 2. The lowest BCUT2D eigenvalue weighted by atomic mass is 10.1. The number of nitrogens with one attached hydrogen (secondary N) is 1. The van der Waals surface area contributed by atoms with Crippen LogP contribution in [-0.4, -0.2) is 17.1 Å². The number of aliphatic hydroxyl groups is 1. The van der Waals surface area contributed by atoms with Crippen LogP contribution >= 0.6 is 0 Å². The maximum atomic E-state index is 13.8. The average molecular weight is 328 g/mol. The summed E-state index contributed by atoms with van der Waals surface area (Å²) in [6.07, 6.45) is -0.777. The maximum absolute atomic E-state index is 13.8. The highest BCUT2D eigenvalue weighted by Crippen LogP contribution is 2.15. The predicted molar refractivity (Wildman–Crippen MR) is 85.4 cm³/mol. The molecule has 2 aromatic carbocycles. The molecule has 0 saturated carbocycles. The second kappa shape index (κ2) is 8.09. The molecule has 24 heavy (non-hydrogen) atoms. The topological polar surface area (TPSA) is 82.3 Å². The molecule has 0 aliphatic carbocycles. The molecule has 0 bridgehead atoms. The lowest BCUT2D eigenvalue weighted by molar-refractivity contribution is -0.127. The van der Waals surface area contributed by atoms with E-state index in [1.54, 1.807) is 31.2 Å². The number of aliphatic hydroxyl groups excluding tert-OH is 1. The summed E-state index contributed by atoms with van der Waals surface area (Å²) in [5.41, 5.74) is 1.19. The molecule has 0 spiro atoms. The fourth-order valence-corrected chi connectivity index (χ4v) is 2.06. The zero-order valence-corrected chi connectivity index (χ0v) is 13.1. The summed E-state index contributed by atoms with van der Waals surface area (Å²) in [5, 5.41) is 20.4. The summed E-state index contributed by atoms with van der Waals surface area (Å²) in [7, 11) is 0. The highest BCUT2D eigenvalue weighted by atomic mass is 19.1. The van der Waals surface area contributed by atoms with Gasteiger partial charge < -0.3 is 15.2 Å². The normalized spacial score (nSPS) is 11.4. The van der Waals surface area contributed by atoms with E-state index < -0.39 is 17.8 Å². The van der Waals surface area contributed by atoms with Gasteiger partial charge in [0.05, 0.1) is 18.2 Å². The first-order chi connectivity index (χ1) is 11.5. The Kier molecular flexibility index (Phi) is 5.88. The monoisotopic (exact) mass is 328 g/mol. The van der Waals surface area contributed by atoms with Gasteiger partial charge in [-0.05, 0) is 36.8 Å². The third-order valence-electron chi connectivity index (χ3n) is 3.40. The quantitative estimate of drug-likeness (QED) is 0.852. The Morgan fingerprint density at radius 2 is 2.17 bits per heavy atom. The van der Waals surface area contributed by atoms with Crippen LogP contribution in [-0.2, 0) is 17.9 Å². The molecule has 6 heteroatoms. The number of halogens is 1. The molecule has 0 fully saturated rings. The SMILES string of the molecule is CC(Oc1cccc(CO)c1)C(=O)NCc1ccc(C#N)cc1F. The van der Waals surface area contributed by atoms with E-state index >= 15 is 0 Å². The minimum Gasteiger partial charge on any atom is -0.481 e. The lowest BCUT2D eigenvalue weighted by Crippen LogP contribution is -2.36. The van der Waals surface area contributed by atoms with Crippen molar-refractivity contribution in [1.82, 2.24) is 5.32 Å².